The Morgan fingerprint density at radius 2 is 1.62 bits per heavy atom. The smallest absolute Gasteiger partial charge is 0.242 e. The fourth-order valence-electron chi connectivity index (χ4n) is 3.27. The van der Waals surface area contributed by atoms with Crippen LogP contribution in [0.15, 0.2) is 54.6 Å². The van der Waals surface area contributed by atoms with Gasteiger partial charge in [0, 0.05) is 19.5 Å². The predicted octanol–water partition coefficient (Wildman–Crippen LogP) is 4.51. The molecule has 1 N–H and O–H groups in total. The second kappa shape index (κ2) is 11.4. The van der Waals surface area contributed by atoms with Gasteiger partial charge in [-0.2, -0.15) is 0 Å². The van der Waals surface area contributed by atoms with Gasteiger partial charge in [0.1, 0.15) is 6.04 Å². The summed E-state index contributed by atoms with van der Waals surface area (Å²) < 4.78 is 0. The summed E-state index contributed by atoms with van der Waals surface area (Å²) in [5.41, 5.74) is 3.38. The third-order valence-electron chi connectivity index (χ3n) is 5.01. The van der Waals surface area contributed by atoms with Crippen molar-refractivity contribution in [3.63, 3.8) is 0 Å². The standard InChI is InChI=1S/C25H34N2O2/c1-5-23(25(29)26-17-19(2)3)27(18-22-9-7-6-8-10-22)24(28)16-15-21-13-11-20(4)12-14-21/h6-14,19,23H,5,15-18H2,1-4H3,(H,26,29)/t23-/m1/s1. The van der Waals surface area contributed by atoms with Crippen molar-refractivity contribution >= 4 is 11.8 Å². The molecule has 29 heavy (non-hydrogen) atoms. The largest absolute Gasteiger partial charge is 0.354 e. The molecule has 0 aliphatic carbocycles. The van der Waals surface area contributed by atoms with Crippen LogP contribution < -0.4 is 5.32 Å². The fraction of sp³-hybridized carbons (Fsp3) is 0.440. The minimum absolute atomic E-state index is 0.0148. The molecule has 0 aromatic heterocycles. The monoisotopic (exact) mass is 394 g/mol. The van der Waals surface area contributed by atoms with Gasteiger partial charge in [0.15, 0.2) is 0 Å². The summed E-state index contributed by atoms with van der Waals surface area (Å²) in [5.74, 6) is 0.318. The number of nitrogens with one attached hydrogen (secondary N) is 1. The molecule has 0 fully saturated rings. The maximum atomic E-state index is 13.2. The molecule has 2 aromatic rings. The molecule has 0 spiro atoms. The van der Waals surface area contributed by atoms with E-state index in [1.807, 2.05) is 37.3 Å². The summed E-state index contributed by atoms with van der Waals surface area (Å²) in [6, 6.07) is 17.7. The molecule has 0 saturated carbocycles. The molecule has 0 aliphatic heterocycles. The first-order chi connectivity index (χ1) is 13.9. The zero-order valence-corrected chi connectivity index (χ0v) is 18.2. The van der Waals surface area contributed by atoms with Gasteiger partial charge in [-0.15, -0.1) is 0 Å². The number of carbonyl (C=O) groups is 2. The number of nitrogens with zero attached hydrogens (tertiary/aromatic N) is 1. The van der Waals surface area contributed by atoms with Crippen molar-refractivity contribution in [3.8, 4) is 0 Å². The Morgan fingerprint density at radius 3 is 2.21 bits per heavy atom. The van der Waals surface area contributed by atoms with E-state index in [4.69, 9.17) is 0 Å². The highest BCUT2D eigenvalue weighted by atomic mass is 16.2. The Morgan fingerprint density at radius 1 is 0.966 bits per heavy atom. The summed E-state index contributed by atoms with van der Waals surface area (Å²) in [6.07, 6.45) is 1.66. The molecule has 0 unspecified atom stereocenters. The molecular weight excluding hydrogens is 360 g/mol. The number of hydrogen-bond acceptors (Lipinski definition) is 2. The number of amides is 2. The number of aryl methyl sites for hydroxylation is 2. The minimum atomic E-state index is -0.459. The van der Waals surface area contributed by atoms with Gasteiger partial charge in [-0.3, -0.25) is 9.59 Å². The average molecular weight is 395 g/mol. The Bertz CT molecular complexity index is 769. The van der Waals surface area contributed by atoms with Crippen LogP contribution in [0.1, 0.15) is 50.3 Å². The lowest BCUT2D eigenvalue weighted by atomic mass is 10.0. The molecule has 4 nitrogen and oxygen atoms in total. The molecule has 0 bridgehead atoms. The first kappa shape index (κ1) is 22.7. The van der Waals surface area contributed by atoms with E-state index < -0.39 is 6.04 Å². The van der Waals surface area contributed by atoms with E-state index >= 15 is 0 Å². The molecule has 1 atom stereocenters. The summed E-state index contributed by atoms with van der Waals surface area (Å²) in [6.45, 7) is 9.21. The molecule has 4 heteroatoms. The second-order valence-corrected chi connectivity index (χ2v) is 8.06. The van der Waals surface area contributed by atoms with Crippen LogP contribution in [0, 0.1) is 12.8 Å². The van der Waals surface area contributed by atoms with E-state index in [1.54, 1.807) is 4.90 Å². The van der Waals surface area contributed by atoms with Crippen molar-refractivity contribution in [1.29, 1.82) is 0 Å². The van der Waals surface area contributed by atoms with Crippen molar-refractivity contribution in [2.75, 3.05) is 6.54 Å². The van der Waals surface area contributed by atoms with Crippen molar-refractivity contribution in [1.82, 2.24) is 10.2 Å². The zero-order chi connectivity index (χ0) is 21.2. The van der Waals surface area contributed by atoms with Crippen LogP contribution in [0.4, 0.5) is 0 Å². The molecule has 2 amide bonds. The summed E-state index contributed by atoms with van der Waals surface area (Å²) in [5, 5.41) is 3.00. The quantitative estimate of drug-likeness (QED) is 0.645. The van der Waals surface area contributed by atoms with E-state index in [-0.39, 0.29) is 11.8 Å². The lowest BCUT2D eigenvalue weighted by molar-refractivity contribution is -0.141. The molecule has 0 saturated heterocycles. The van der Waals surface area contributed by atoms with Crippen LogP contribution in [-0.2, 0) is 22.6 Å². The van der Waals surface area contributed by atoms with E-state index in [0.717, 1.165) is 11.1 Å². The normalized spacial score (nSPS) is 11.9. The Hall–Kier alpha value is -2.62. The molecule has 0 heterocycles. The Labute approximate surface area is 175 Å². The third-order valence-corrected chi connectivity index (χ3v) is 5.01. The molecule has 2 rings (SSSR count). The van der Waals surface area contributed by atoms with Crippen LogP contribution in [0.5, 0.6) is 0 Å². The molecule has 156 valence electrons. The van der Waals surface area contributed by atoms with E-state index in [1.165, 1.54) is 5.56 Å². The van der Waals surface area contributed by atoms with Gasteiger partial charge in [0.25, 0.3) is 0 Å². The molecule has 0 radical (unpaired) electrons. The second-order valence-electron chi connectivity index (χ2n) is 8.06. The summed E-state index contributed by atoms with van der Waals surface area (Å²) >= 11 is 0. The van der Waals surface area contributed by atoms with E-state index in [2.05, 4.69) is 50.4 Å². The van der Waals surface area contributed by atoms with Crippen molar-refractivity contribution in [3.05, 3.63) is 71.3 Å². The van der Waals surface area contributed by atoms with Crippen LogP contribution in [-0.4, -0.2) is 29.3 Å². The first-order valence-corrected chi connectivity index (χ1v) is 10.6. The number of carbonyl (C=O) groups excluding carboxylic acids is 2. The van der Waals surface area contributed by atoms with Crippen LogP contribution >= 0.6 is 0 Å². The van der Waals surface area contributed by atoms with Crippen molar-refractivity contribution in [2.45, 2.75) is 59.5 Å². The minimum Gasteiger partial charge on any atom is -0.354 e. The molecular formula is C25H34N2O2. The fourth-order valence-corrected chi connectivity index (χ4v) is 3.27. The van der Waals surface area contributed by atoms with Crippen molar-refractivity contribution < 1.29 is 9.59 Å². The van der Waals surface area contributed by atoms with Gasteiger partial charge in [0.2, 0.25) is 11.8 Å². The van der Waals surface area contributed by atoms with Crippen LogP contribution in [0.3, 0.4) is 0 Å². The van der Waals surface area contributed by atoms with Gasteiger partial charge in [-0.25, -0.2) is 0 Å². The number of hydrogen-bond donors (Lipinski definition) is 1. The topological polar surface area (TPSA) is 49.4 Å². The highest BCUT2D eigenvalue weighted by Crippen LogP contribution is 2.15. The average Bonchev–Trinajstić information content (AvgIpc) is 2.72. The predicted molar refractivity (Wildman–Crippen MR) is 118 cm³/mol. The van der Waals surface area contributed by atoms with Crippen molar-refractivity contribution in [2.24, 2.45) is 5.92 Å². The third kappa shape index (κ3) is 7.37. The lowest BCUT2D eigenvalue weighted by Crippen LogP contribution is -2.49. The SMILES string of the molecule is CC[C@H](C(=O)NCC(C)C)N(Cc1ccccc1)C(=O)CCc1ccc(C)cc1. The van der Waals surface area contributed by atoms with Gasteiger partial charge in [-0.05, 0) is 36.8 Å². The highest BCUT2D eigenvalue weighted by Gasteiger charge is 2.28. The first-order valence-electron chi connectivity index (χ1n) is 10.6. The molecule has 0 aliphatic rings. The maximum absolute atomic E-state index is 13.2. The van der Waals surface area contributed by atoms with E-state index in [0.29, 0.717) is 38.3 Å². The Balaban J connectivity index is 2.14. The molecule has 2 aromatic carbocycles. The van der Waals surface area contributed by atoms with Crippen LogP contribution in [0.2, 0.25) is 0 Å². The van der Waals surface area contributed by atoms with Gasteiger partial charge in [-0.1, -0.05) is 80.9 Å². The maximum Gasteiger partial charge on any atom is 0.242 e. The highest BCUT2D eigenvalue weighted by molar-refractivity contribution is 5.87. The number of benzene rings is 2. The van der Waals surface area contributed by atoms with E-state index in [9.17, 15) is 9.59 Å². The number of rotatable bonds is 10. The summed E-state index contributed by atoms with van der Waals surface area (Å²) in [4.78, 5) is 27.7. The van der Waals surface area contributed by atoms with Gasteiger partial charge in [0.05, 0.1) is 0 Å². The van der Waals surface area contributed by atoms with Gasteiger partial charge >= 0.3 is 0 Å². The lowest BCUT2D eigenvalue weighted by Gasteiger charge is -2.31. The Kier molecular flexibility index (Phi) is 8.91. The zero-order valence-electron chi connectivity index (χ0n) is 18.2. The summed E-state index contributed by atoms with van der Waals surface area (Å²) in [7, 11) is 0. The van der Waals surface area contributed by atoms with Gasteiger partial charge < -0.3 is 10.2 Å². The van der Waals surface area contributed by atoms with Crippen LogP contribution in [0.25, 0.3) is 0 Å².